The van der Waals surface area contributed by atoms with E-state index in [9.17, 15) is 9.18 Å². The van der Waals surface area contributed by atoms with Crippen LogP contribution in [-0.2, 0) is 4.79 Å². The van der Waals surface area contributed by atoms with Crippen LogP contribution in [0.2, 0.25) is 0 Å². The molecule has 1 aliphatic heterocycles. The number of carbonyl (C=O) groups excluding carboxylic acids is 1. The summed E-state index contributed by atoms with van der Waals surface area (Å²) in [5.41, 5.74) is 1.70. The van der Waals surface area contributed by atoms with Gasteiger partial charge in [-0.25, -0.2) is 4.39 Å². The Morgan fingerprint density at radius 3 is 2.75 bits per heavy atom. The molecular weight excluding hydrogens is 275 g/mol. The highest BCUT2D eigenvalue weighted by Crippen LogP contribution is 2.39. The zero-order chi connectivity index (χ0) is 13.9. The van der Waals surface area contributed by atoms with Crippen LogP contribution in [0.5, 0.6) is 0 Å². The van der Waals surface area contributed by atoms with Crippen LogP contribution in [0, 0.1) is 5.82 Å². The minimum absolute atomic E-state index is 0.0595. The average molecular weight is 288 g/mol. The molecule has 0 aliphatic carbocycles. The highest BCUT2D eigenvalue weighted by atomic mass is 32.2. The first kappa shape index (κ1) is 13.1. The molecule has 0 spiro atoms. The largest absolute Gasteiger partial charge is 0.296 e. The normalized spacial score (nSPS) is 19.1. The third-order valence-electron chi connectivity index (χ3n) is 3.17. The number of benzene rings is 1. The highest BCUT2D eigenvalue weighted by Gasteiger charge is 2.31. The minimum Gasteiger partial charge on any atom is -0.296 e. The van der Waals surface area contributed by atoms with Crippen molar-refractivity contribution in [3.63, 3.8) is 0 Å². The second-order valence-corrected chi connectivity index (χ2v) is 5.69. The zero-order valence-electron chi connectivity index (χ0n) is 10.7. The van der Waals surface area contributed by atoms with Crippen molar-refractivity contribution in [1.29, 1.82) is 0 Å². The Labute approximate surface area is 120 Å². The molecule has 1 fully saturated rings. The maximum atomic E-state index is 13.1. The predicted octanol–water partition coefficient (Wildman–Crippen LogP) is 3.39. The van der Waals surface area contributed by atoms with Crippen molar-refractivity contribution in [1.82, 2.24) is 4.98 Å². The van der Waals surface area contributed by atoms with E-state index in [-0.39, 0.29) is 17.1 Å². The SMILES string of the molecule is O=C1CCSC(c2cccnc2)N1c1ccc(F)cc1. The number of carbonyl (C=O) groups is 1. The first-order valence-electron chi connectivity index (χ1n) is 6.35. The molecule has 3 rings (SSSR count). The van der Waals surface area contributed by atoms with Crippen LogP contribution < -0.4 is 4.90 Å². The van der Waals surface area contributed by atoms with Gasteiger partial charge >= 0.3 is 0 Å². The van der Waals surface area contributed by atoms with E-state index in [4.69, 9.17) is 0 Å². The molecule has 1 saturated heterocycles. The summed E-state index contributed by atoms with van der Waals surface area (Å²) in [5.74, 6) is 0.545. The van der Waals surface area contributed by atoms with Crippen molar-refractivity contribution in [2.24, 2.45) is 0 Å². The molecule has 1 aromatic heterocycles. The summed E-state index contributed by atoms with van der Waals surface area (Å²) < 4.78 is 13.1. The first-order chi connectivity index (χ1) is 9.75. The van der Waals surface area contributed by atoms with Crippen LogP contribution in [0.15, 0.2) is 48.8 Å². The first-order valence-corrected chi connectivity index (χ1v) is 7.40. The number of halogens is 1. The Balaban J connectivity index is 1.99. The molecular formula is C15H13FN2OS. The fraction of sp³-hybridized carbons (Fsp3) is 0.200. The smallest absolute Gasteiger partial charge is 0.229 e. The Morgan fingerprint density at radius 2 is 2.05 bits per heavy atom. The van der Waals surface area contributed by atoms with Crippen LogP contribution in [0.4, 0.5) is 10.1 Å². The maximum Gasteiger partial charge on any atom is 0.229 e. The number of hydrogen-bond acceptors (Lipinski definition) is 3. The quantitative estimate of drug-likeness (QED) is 0.849. The Hall–Kier alpha value is -1.88. The van der Waals surface area contributed by atoms with E-state index in [0.29, 0.717) is 6.42 Å². The van der Waals surface area contributed by atoms with Gasteiger partial charge in [-0.15, -0.1) is 11.8 Å². The fourth-order valence-electron chi connectivity index (χ4n) is 2.23. The van der Waals surface area contributed by atoms with Gasteiger partial charge in [-0.2, -0.15) is 0 Å². The third kappa shape index (κ3) is 2.54. The fourth-order valence-corrected chi connectivity index (χ4v) is 3.47. The molecule has 2 heterocycles. The van der Waals surface area contributed by atoms with E-state index in [1.165, 1.54) is 12.1 Å². The lowest BCUT2D eigenvalue weighted by Crippen LogP contribution is -2.37. The van der Waals surface area contributed by atoms with Gasteiger partial charge in [-0.1, -0.05) is 6.07 Å². The van der Waals surface area contributed by atoms with Crippen LogP contribution in [0.1, 0.15) is 17.4 Å². The van der Waals surface area contributed by atoms with E-state index in [0.717, 1.165) is 17.0 Å². The van der Waals surface area contributed by atoms with Crippen LogP contribution in [-0.4, -0.2) is 16.6 Å². The monoisotopic (exact) mass is 288 g/mol. The molecule has 1 aliphatic rings. The van der Waals surface area contributed by atoms with Crippen molar-refractivity contribution in [2.45, 2.75) is 11.8 Å². The number of nitrogens with zero attached hydrogens (tertiary/aromatic N) is 2. The van der Waals surface area contributed by atoms with Crippen molar-refractivity contribution < 1.29 is 9.18 Å². The predicted molar refractivity (Wildman–Crippen MR) is 77.9 cm³/mol. The van der Waals surface area contributed by atoms with Crippen LogP contribution in [0.25, 0.3) is 0 Å². The highest BCUT2D eigenvalue weighted by molar-refractivity contribution is 7.99. The Kier molecular flexibility index (Phi) is 3.69. The van der Waals surface area contributed by atoms with E-state index in [1.807, 2.05) is 12.1 Å². The zero-order valence-corrected chi connectivity index (χ0v) is 11.5. The second kappa shape index (κ2) is 5.63. The molecule has 0 N–H and O–H groups in total. The van der Waals surface area contributed by atoms with Gasteiger partial charge in [0.1, 0.15) is 11.2 Å². The van der Waals surface area contributed by atoms with Crippen molar-refractivity contribution in [3.8, 4) is 0 Å². The summed E-state index contributed by atoms with van der Waals surface area (Å²) in [6, 6.07) is 9.85. The van der Waals surface area contributed by atoms with Crippen LogP contribution >= 0.6 is 11.8 Å². The lowest BCUT2D eigenvalue weighted by Gasteiger charge is -2.35. The number of amides is 1. The van der Waals surface area contributed by atoms with E-state index in [2.05, 4.69) is 4.98 Å². The molecule has 2 aromatic rings. The molecule has 1 atom stereocenters. The number of hydrogen-bond donors (Lipinski definition) is 0. The standard InChI is InChI=1S/C15H13FN2OS/c16-12-3-5-13(6-4-12)18-14(19)7-9-20-15(18)11-2-1-8-17-10-11/h1-6,8,10,15H,7,9H2. The molecule has 102 valence electrons. The number of anilines is 1. The molecule has 1 unspecified atom stereocenters. The summed E-state index contributed by atoms with van der Waals surface area (Å²) >= 11 is 1.70. The van der Waals surface area contributed by atoms with E-state index >= 15 is 0 Å². The van der Waals surface area contributed by atoms with Crippen molar-refractivity contribution >= 4 is 23.4 Å². The molecule has 1 aromatic carbocycles. The average Bonchev–Trinajstić information content (AvgIpc) is 2.49. The number of pyridine rings is 1. The van der Waals surface area contributed by atoms with Crippen LogP contribution in [0.3, 0.4) is 0 Å². The maximum absolute atomic E-state index is 13.1. The lowest BCUT2D eigenvalue weighted by atomic mass is 10.2. The van der Waals surface area contributed by atoms with E-state index in [1.54, 1.807) is 41.2 Å². The topological polar surface area (TPSA) is 33.2 Å². The second-order valence-electron chi connectivity index (χ2n) is 4.50. The Morgan fingerprint density at radius 1 is 1.25 bits per heavy atom. The summed E-state index contributed by atoms with van der Waals surface area (Å²) in [6.45, 7) is 0. The molecule has 1 amide bonds. The van der Waals surface area contributed by atoms with Crippen molar-refractivity contribution in [3.05, 3.63) is 60.2 Å². The van der Waals surface area contributed by atoms with Gasteiger partial charge in [0.2, 0.25) is 5.91 Å². The summed E-state index contributed by atoms with van der Waals surface area (Å²) in [5, 5.41) is -0.101. The van der Waals surface area contributed by atoms with Gasteiger partial charge in [0, 0.05) is 35.8 Å². The number of thioether (sulfide) groups is 1. The lowest BCUT2D eigenvalue weighted by molar-refractivity contribution is -0.118. The van der Waals surface area contributed by atoms with Gasteiger partial charge < -0.3 is 0 Å². The van der Waals surface area contributed by atoms with Crippen molar-refractivity contribution in [2.75, 3.05) is 10.7 Å². The van der Waals surface area contributed by atoms with Gasteiger partial charge in [-0.3, -0.25) is 14.7 Å². The molecule has 20 heavy (non-hydrogen) atoms. The minimum atomic E-state index is -0.302. The number of aromatic nitrogens is 1. The molecule has 3 nitrogen and oxygen atoms in total. The number of rotatable bonds is 2. The summed E-state index contributed by atoms with van der Waals surface area (Å²) in [4.78, 5) is 18.1. The molecule has 5 heteroatoms. The summed E-state index contributed by atoms with van der Waals surface area (Å²) in [7, 11) is 0. The van der Waals surface area contributed by atoms with Gasteiger partial charge in [0.05, 0.1) is 0 Å². The molecule has 0 saturated carbocycles. The molecule has 0 radical (unpaired) electrons. The third-order valence-corrected chi connectivity index (χ3v) is 4.41. The van der Waals surface area contributed by atoms with E-state index < -0.39 is 0 Å². The Bertz CT molecular complexity index is 603. The van der Waals surface area contributed by atoms with Gasteiger partial charge in [0.15, 0.2) is 0 Å². The molecule has 0 bridgehead atoms. The van der Waals surface area contributed by atoms with Gasteiger partial charge in [0.25, 0.3) is 0 Å². The van der Waals surface area contributed by atoms with Gasteiger partial charge in [-0.05, 0) is 30.3 Å². The summed E-state index contributed by atoms with van der Waals surface area (Å²) in [6.07, 6.45) is 3.98.